The van der Waals surface area contributed by atoms with Crippen LogP contribution in [0.5, 0.6) is 0 Å². The maximum Gasteiger partial charge on any atom is 0.150 e. The first kappa shape index (κ1) is 23.8. The molecule has 1 aromatic heterocycles. The number of ether oxygens (including phenoxy) is 2. The number of hydrogen-bond acceptors (Lipinski definition) is 5. The van der Waals surface area contributed by atoms with Crippen molar-refractivity contribution in [3.8, 4) is 0 Å². The third-order valence-electron chi connectivity index (χ3n) is 5.41. The second-order valence-electron chi connectivity index (χ2n) is 7.76. The Labute approximate surface area is 191 Å². The third kappa shape index (κ3) is 7.09. The summed E-state index contributed by atoms with van der Waals surface area (Å²) in [5.41, 5.74) is 3.94. The quantitative estimate of drug-likeness (QED) is 0.473. The van der Waals surface area contributed by atoms with Crippen LogP contribution in [0.15, 0.2) is 79.0 Å². The van der Waals surface area contributed by atoms with Crippen molar-refractivity contribution in [1.29, 1.82) is 0 Å². The highest BCUT2D eigenvalue weighted by Crippen LogP contribution is 2.29. The predicted molar refractivity (Wildman–Crippen MR) is 127 cm³/mol. The van der Waals surface area contributed by atoms with Crippen LogP contribution in [0, 0.1) is 0 Å². The lowest BCUT2D eigenvalue weighted by Gasteiger charge is -2.23. The number of methoxy groups -OCH3 is 1. The maximum absolute atomic E-state index is 11.0. The van der Waals surface area contributed by atoms with Gasteiger partial charge in [-0.25, -0.2) is 0 Å². The lowest BCUT2D eigenvalue weighted by atomic mass is 10.0. The van der Waals surface area contributed by atoms with Crippen LogP contribution < -0.4 is 0 Å². The minimum atomic E-state index is -0.0659. The molecule has 0 amide bonds. The Hall–Kier alpha value is -2.86. The first-order valence-electron chi connectivity index (χ1n) is 11.1. The molecule has 1 fully saturated rings. The van der Waals surface area contributed by atoms with E-state index in [9.17, 15) is 4.79 Å². The van der Waals surface area contributed by atoms with Crippen LogP contribution in [0.1, 0.15) is 46.6 Å². The molecule has 0 spiro atoms. The van der Waals surface area contributed by atoms with Gasteiger partial charge in [0.15, 0.2) is 0 Å². The summed E-state index contributed by atoms with van der Waals surface area (Å²) >= 11 is 0. The lowest BCUT2D eigenvalue weighted by Crippen LogP contribution is -2.25. The summed E-state index contributed by atoms with van der Waals surface area (Å²) in [4.78, 5) is 17.7. The topological polar surface area (TPSA) is 51.7 Å². The molecule has 1 aliphatic rings. The molecule has 0 aliphatic carbocycles. The Morgan fingerprint density at radius 3 is 2.25 bits per heavy atom. The number of benzene rings is 2. The zero-order valence-corrected chi connectivity index (χ0v) is 18.9. The zero-order chi connectivity index (χ0) is 22.6. The molecular formula is C27H32N2O3. The molecule has 2 heterocycles. The number of carbonyl (C=O) groups is 1. The Bertz CT molecular complexity index is 892. The molecule has 2 aromatic carbocycles. The van der Waals surface area contributed by atoms with Crippen molar-refractivity contribution in [3.63, 3.8) is 0 Å². The van der Waals surface area contributed by atoms with Gasteiger partial charge in [0.1, 0.15) is 12.4 Å². The number of carbonyl (C=O) groups excluding carboxylic acids is 1. The summed E-state index contributed by atoms with van der Waals surface area (Å²) in [5, 5.41) is 0. The summed E-state index contributed by atoms with van der Waals surface area (Å²) < 4.78 is 11.1. The van der Waals surface area contributed by atoms with Crippen LogP contribution in [0.2, 0.25) is 0 Å². The van der Waals surface area contributed by atoms with Crippen molar-refractivity contribution in [1.82, 2.24) is 9.88 Å². The standard InChI is InChI=1S/C24H24N2O2.C3H8O/c27-18-19-11-13-25-22(15-19)16-26-14-12-23(17-26)28-24(20-7-3-1-4-8-20)21-9-5-2-6-10-21;1-3-4-2/h1-11,13,15,18,23-24H,12,14,16-17H2;3H2,1-2H3/t23-;/m1./s1. The van der Waals surface area contributed by atoms with Gasteiger partial charge in [-0.05, 0) is 36.6 Å². The fraction of sp³-hybridized carbons (Fsp3) is 0.333. The molecule has 1 atom stereocenters. The fourth-order valence-corrected chi connectivity index (χ4v) is 3.74. The van der Waals surface area contributed by atoms with Crippen LogP contribution in [0.25, 0.3) is 0 Å². The number of aldehydes is 1. The Kier molecular flexibility index (Phi) is 9.57. The number of aromatic nitrogens is 1. The minimum absolute atomic E-state index is 0.0659. The summed E-state index contributed by atoms with van der Waals surface area (Å²) in [5.74, 6) is 0. The molecule has 5 heteroatoms. The Morgan fingerprint density at radius 2 is 1.69 bits per heavy atom. The van der Waals surface area contributed by atoms with Gasteiger partial charge >= 0.3 is 0 Å². The van der Waals surface area contributed by atoms with Gasteiger partial charge in [0, 0.05) is 45.1 Å². The van der Waals surface area contributed by atoms with Gasteiger partial charge in [-0.2, -0.15) is 0 Å². The third-order valence-corrected chi connectivity index (χ3v) is 5.41. The first-order chi connectivity index (χ1) is 15.7. The highest BCUT2D eigenvalue weighted by Gasteiger charge is 2.27. The molecule has 0 radical (unpaired) electrons. The van der Waals surface area contributed by atoms with Crippen LogP contribution in [-0.4, -0.2) is 49.1 Å². The summed E-state index contributed by atoms with van der Waals surface area (Å²) in [7, 11) is 1.68. The molecule has 1 saturated heterocycles. The predicted octanol–water partition coefficient (Wildman–Crippen LogP) is 4.93. The summed E-state index contributed by atoms with van der Waals surface area (Å²) in [6.07, 6.45) is 3.65. The average Bonchev–Trinajstić information content (AvgIpc) is 3.30. The molecule has 4 rings (SSSR count). The van der Waals surface area contributed by atoms with Crippen LogP contribution in [0.4, 0.5) is 0 Å². The van der Waals surface area contributed by atoms with E-state index in [1.807, 2.05) is 25.1 Å². The molecule has 0 bridgehead atoms. The first-order valence-corrected chi connectivity index (χ1v) is 11.1. The van der Waals surface area contributed by atoms with E-state index in [1.54, 1.807) is 19.4 Å². The average molecular weight is 433 g/mol. The fourth-order valence-electron chi connectivity index (χ4n) is 3.74. The van der Waals surface area contributed by atoms with E-state index in [1.165, 1.54) is 11.1 Å². The molecule has 0 N–H and O–H groups in total. The summed E-state index contributed by atoms with van der Waals surface area (Å²) in [6.45, 7) is 5.35. The van der Waals surface area contributed by atoms with Gasteiger partial charge in [0.25, 0.3) is 0 Å². The number of likely N-dealkylation sites (tertiary alicyclic amines) is 1. The largest absolute Gasteiger partial charge is 0.385 e. The molecule has 5 nitrogen and oxygen atoms in total. The van der Waals surface area contributed by atoms with Crippen LogP contribution in [0.3, 0.4) is 0 Å². The highest BCUT2D eigenvalue weighted by molar-refractivity contribution is 5.74. The smallest absolute Gasteiger partial charge is 0.150 e. The number of hydrogen-bond donors (Lipinski definition) is 0. The molecule has 32 heavy (non-hydrogen) atoms. The van der Waals surface area contributed by atoms with E-state index in [0.29, 0.717) is 5.56 Å². The van der Waals surface area contributed by atoms with Crippen LogP contribution in [-0.2, 0) is 16.0 Å². The van der Waals surface area contributed by atoms with Crippen molar-refractivity contribution in [2.75, 3.05) is 26.8 Å². The van der Waals surface area contributed by atoms with Gasteiger partial charge in [-0.3, -0.25) is 14.7 Å². The SMILES string of the molecule is CCOC.O=Cc1ccnc(CN2CC[C@@H](OC(c3ccccc3)c3ccccc3)C2)c1. The summed E-state index contributed by atoms with van der Waals surface area (Å²) in [6, 6.07) is 24.4. The molecule has 0 saturated carbocycles. The van der Waals surface area contributed by atoms with E-state index >= 15 is 0 Å². The number of rotatable bonds is 8. The molecule has 3 aromatic rings. The van der Waals surface area contributed by atoms with Crippen molar-refractivity contribution in [2.45, 2.75) is 32.1 Å². The van der Waals surface area contributed by atoms with E-state index in [4.69, 9.17) is 4.74 Å². The van der Waals surface area contributed by atoms with Crippen LogP contribution >= 0.6 is 0 Å². The molecule has 168 valence electrons. The van der Waals surface area contributed by atoms with Gasteiger partial charge < -0.3 is 9.47 Å². The minimum Gasteiger partial charge on any atom is -0.385 e. The Morgan fingerprint density at radius 1 is 1.06 bits per heavy atom. The highest BCUT2D eigenvalue weighted by atomic mass is 16.5. The van der Waals surface area contributed by atoms with Crippen molar-refractivity contribution in [2.24, 2.45) is 0 Å². The van der Waals surface area contributed by atoms with E-state index in [0.717, 1.165) is 44.6 Å². The van der Waals surface area contributed by atoms with Gasteiger partial charge in [-0.1, -0.05) is 60.7 Å². The van der Waals surface area contributed by atoms with E-state index in [-0.39, 0.29) is 12.2 Å². The second-order valence-corrected chi connectivity index (χ2v) is 7.76. The van der Waals surface area contributed by atoms with E-state index < -0.39 is 0 Å². The number of pyridine rings is 1. The van der Waals surface area contributed by atoms with Gasteiger partial charge in [0.05, 0.1) is 11.8 Å². The maximum atomic E-state index is 11.0. The van der Waals surface area contributed by atoms with Crippen molar-refractivity contribution >= 4 is 6.29 Å². The second kappa shape index (κ2) is 12.9. The van der Waals surface area contributed by atoms with E-state index in [2.05, 4.69) is 63.2 Å². The molecular weight excluding hydrogens is 400 g/mol. The van der Waals surface area contributed by atoms with Gasteiger partial charge in [-0.15, -0.1) is 0 Å². The molecule has 0 unspecified atom stereocenters. The Balaban J connectivity index is 0.000000668. The molecule has 1 aliphatic heterocycles. The monoisotopic (exact) mass is 432 g/mol. The van der Waals surface area contributed by atoms with Crippen molar-refractivity contribution < 1.29 is 14.3 Å². The normalized spacial score (nSPS) is 15.9. The van der Waals surface area contributed by atoms with Gasteiger partial charge in [0.2, 0.25) is 0 Å². The lowest BCUT2D eigenvalue weighted by molar-refractivity contribution is 0.0138. The van der Waals surface area contributed by atoms with Crippen molar-refractivity contribution in [3.05, 3.63) is 101 Å². The number of nitrogens with zero attached hydrogens (tertiary/aromatic N) is 2. The zero-order valence-electron chi connectivity index (χ0n) is 18.9.